The van der Waals surface area contributed by atoms with Crippen LogP contribution in [0.5, 0.6) is 11.5 Å². The van der Waals surface area contributed by atoms with Crippen molar-refractivity contribution in [3.8, 4) is 11.5 Å². The van der Waals surface area contributed by atoms with E-state index in [2.05, 4.69) is 15.6 Å². The van der Waals surface area contributed by atoms with Gasteiger partial charge in [-0.15, -0.1) is 0 Å². The van der Waals surface area contributed by atoms with E-state index in [1.807, 2.05) is 43.3 Å². The second kappa shape index (κ2) is 7.68. The van der Waals surface area contributed by atoms with Gasteiger partial charge in [-0.2, -0.15) is 0 Å². The van der Waals surface area contributed by atoms with Crippen LogP contribution in [-0.2, 0) is 6.42 Å². The summed E-state index contributed by atoms with van der Waals surface area (Å²) in [5, 5.41) is 5.74. The summed E-state index contributed by atoms with van der Waals surface area (Å²) in [6.45, 7) is 3.61. The number of pyridine rings is 1. The monoisotopic (exact) mass is 327 g/mol. The molecule has 2 heterocycles. The van der Waals surface area contributed by atoms with Crippen molar-refractivity contribution in [3.63, 3.8) is 0 Å². The zero-order valence-corrected chi connectivity index (χ0v) is 13.6. The highest BCUT2D eigenvalue weighted by atomic mass is 16.6. The summed E-state index contributed by atoms with van der Waals surface area (Å²) in [7, 11) is 0. The van der Waals surface area contributed by atoms with Crippen LogP contribution >= 0.6 is 0 Å². The van der Waals surface area contributed by atoms with E-state index in [4.69, 9.17) is 9.47 Å². The molecule has 0 unspecified atom stereocenters. The Morgan fingerprint density at radius 2 is 2.04 bits per heavy atom. The Hall–Kier alpha value is -2.76. The SMILES string of the molecule is C[C@@H](NC(=O)NCCc1ccc2c(c1)OCCO2)c1ccccn1. The first-order valence-electron chi connectivity index (χ1n) is 8.06. The smallest absolute Gasteiger partial charge is 0.315 e. The minimum atomic E-state index is -0.203. The maximum Gasteiger partial charge on any atom is 0.315 e. The molecule has 24 heavy (non-hydrogen) atoms. The van der Waals surface area contributed by atoms with Crippen LogP contribution in [0.2, 0.25) is 0 Å². The third-order valence-corrected chi connectivity index (χ3v) is 3.78. The van der Waals surface area contributed by atoms with Gasteiger partial charge in [0.05, 0.1) is 11.7 Å². The third kappa shape index (κ3) is 4.16. The standard InChI is InChI=1S/C18H21N3O3/c1-13(15-4-2-3-8-19-15)21-18(22)20-9-7-14-5-6-16-17(12-14)24-11-10-23-16/h2-6,8,12-13H,7,9-11H2,1H3,(H2,20,21,22)/t13-/m1/s1. The van der Waals surface area contributed by atoms with Crippen molar-refractivity contribution in [1.82, 2.24) is 15.6 Å². The number of carbonyl (C=O) groups excluding carboxylic acids is 1. The molecule has 6 heteroatoms. The summed E-state index contributed by atoms with van der Waals surface area (Å²) in [5.74, 6) is 1.55. The molecule has 6 nitrogen and oxygen atoms in total. The molecule has 126 valence electrons. The van der Waals surface area contributed by atoms with Gasteiger partial charge in [0.1, 0.15) is 13.2 Å². The molecule has 0 fully saturated rings. The molecule has 0 saturated carbocycles. The molecular weight excluding hydrogens is 306 g/mol. The zero-order chi connectivity index (χ0) is 16.8. The van der Waals surface area contributed by atoms with E-state index in [9.17, 15) is 4.79 Å². The fourth-order valence-electron chi connectivity index (χ4n) is 2.52. The molecule has 1 aromatic heterocycles. The maximum absolute atomic E-state index is 12.0. The summed E-state index contributed by atoms with van der Waals surface area (Å²) >= 11 is 0. The lowest BCUT2D eigenvalue weighted by Gasteiger charge is -2.19. The third-order valence-electron chi connectivity index (χ3n) is 3.78. The topological polar surface area (TPSA) is 72.5 Å². The minimum Gasteiger partial charge on any atom is -0.486 e. The number of carbonyl (C=O) groups is 1. The Balaban J connectivity index is 1.45. The van der Waals surface area contributed by atoms with Crippen molar-refractivity contribution in [2.75, 3.05) is 19.8 Å². The number of nitrogens with one attached hydrogen (secondary N) is 2. The lowest BCUT2D eigenvalue weighted by Crippen LogP contribution is -2.38. The Morgan fingerprint density at radius 3 is 2.83 bits per heavy atom. The largest absolute Gasteiger partial charge is 0.486 e. The molecule has 1 atom stereocenters. The van der Waals surface area contributed by atoms with E-state index >= 15 is 0 Å². The van der Waals surface area contributed by atoms with Crippen molar-refractivity contribution in [1.29, 1.82) is 0 Å². The van der Waals surface area contributed by atoms with Crippen molar-refractivity contribution in [3.05, 3.63) is 53.9 Å². The molecule has 0 spiro atoms. The van der Waals surface area contributed by atoms with Gasteiger partial charge >= 0.3 is 6.03 Å². The fraction of sp³-hybridized carbons (Fsp3) is 0.333. The number of aromatic nitrogens is 1. The highest BCUT2D eigenvalue weighted by Crippen LogP contribution is 2.30. The molecule has 0 bridgehead atoms. The Kier molecular flexibility index (Phi) is 5.15. The van der Waals surface area contributed by atoms with Crippen LogP contribution in [0.4, 0.5) is 4.79 Å². The summed E-state index contributed by atoms with van der Waals surface area (Å²) in [6.07, 6.45) is 2.44. The number of hydrogen-bond donors (Lipinski definition) is 2. The van der Waals surface area contributed by atoms with Crippen LogP contribution in [0.25, 0.3) is 0 Å². The number of hydrogen-bond acceptors (Lipinski definition) is 4. The van der Waals surface area contributed by atoms with Crippen LogP contribution in [-0.4, -0.2) is 30.8 Å². The Bertz CT molecular complexity index is 691. The zero-order valence-electron chi connectivity index (χ0n) is 13.6. The predicted octanol–water partition coefficient (Wildman–Crippen LogP) is 2.46. The molecule has 1 aliphatic heterocycles. The molecule has 1 aromatic carbocycles. The van der Waals surface area contributed by atoms with Crippen LogP contribution in [0.15, 0.2) is 42.6 Å². The molecule has 0 saturated heterocycles. The molecule has 3 rings (SSSR count). The Morgan fingerprint density at radius 1 is 1.21 bits per heavy atom. The van der Waals surface area contributed by atoms with E-state index in [0.717, 1.165) is 29.2 Å². The van der Waals surface area contributed by atoms with Gasteiger partial charge in [0, 0.05) is 12.7 Å². The van der Waals surface area contributed by atoms with Gasteiger partial charge in [0.25, 0.3) is 0 Å². The highest BCUT2D eigenvalue weighted by Gasteiger charge is 2.12. The van der Waals surface area contributed by atoms with Crippen LogP contribution in [0.1, 0.15) is 24.2 Å². The van der Waals surface area contributed by atoms with Gasteiger partial charge in [-0.3, -0.25) is 4.98 Å². The first kappa shape index (κ1) is 16.1. The van der Waals surface area contributed by atoms with E-state index in [1.54, 1.807) is 6.20 Å². The number of fused-ring (bicyclic) bond motifs is 1. The number of amides is 2. The van der Waals surface area contributed by atoms with E-state index in [0.29, 0.717) is 19.8 Å². The minimum absolute atomic E-state index is 0.138. The van der Waals surface area contributed by atoms with Crippen molar-refractivity contribution < 1.29 is 14.3 Å². The highest BCUT2D eigenvalue weighted by molar-refractivity contribution is 5.74. The lowest BCUT2D eigenvalue weighted by molar-refractivity contribution is 0.171. The molecule has 0 radical (unpaired) electrons. The van der Waals surface area contributed by atoms with Crippen LogP contribution in [0.3, 0.4) is 0 Å². The van der Waals surface area contributed by atoms with Gasteiger partial charge in [-0.1, -0.05) is 12.1 Å². The summed E-state index contributed by atoms with van der Waals surface area (Å²) in [5.41, 5.74) is 1.93. The molecule has 0 aliphatic carbocycles. The van der Waals surface area contributed by atoms with Gasteiger partial charge in [0.15, 0.2) is 11.5 Å². The first-order chi connectivity index (χ1) is 11.7. The predicted molar refractivity (Wildman–Crippen MR) is 90.3 cm³/mol. The average molecular weight is 327 g/mol. The number of ether oxygens (including phenoxy) is 2. The quantitative estimate of drug-likeness (QED) is 0.885. The summed E-state index contributed by atoms with van der Waals surface area (Å²) in [4.78, 5) is 16.2. The first-order valence-corrected chi connectivity index (χ1v) is 8.06. The van der Waals surface area contributed by atoms with Crippen molar-refractivity contribution in [2.45, 2.75) is 19.4 Å². The second-order valence-electron chi connectivity index (χ2n) is 5.60. The van der Waals surface area contributed by atoms with Crippen LogP contribution < -0.4 is 20.1 Å². The summed E-state index contributed by atoms with van der Waals surface area (Å²) < 4.78 is 11.1. The number of nitrogens with zero attached hydrogens (tertiary/aromatic N) is 1. The number of benzene rings is 1. The van der Waals surface area contributed by atoms with Crippen LogP contribution in [0, 0.1) is 0 Å². The Labute approximate surface area is 141 Å². The van der Waals surface area contributed by atoms with Crippen molar-refractivity contribution in [2.24, 2.45) is 0 Å². The lowest BCUT2D eigenvalue weighted by atomic mass is 10.1. The second-order valence-corrected chi connectivity index (χ2v) is 5.60. The average Bonchev–Trinajstić information content (AvgIpc) is 2.62. The van der Waals surface area contributed by atoms with E-state index in [-0.39, 0.29) is 12.1 Å². The molecule has 2 N–H and O–H groups in total. The molecular formula is C18H21N3O3. The van der Waals surface area contributed by atoms with Gasteiger partial charge < -0.3 is 20.1 Å². The fourth-order valence-corrected chi connectivity index (χ4v) is 2.52. The normalized spacial score (nSPS) is 13.9. The molecule has 2 amide bonds. The van der Waals surface area contributed by atoms with Gasteiger partial charge in [0.2, 0.25) is 0 Å². The number of rotatable bonds is 5. The van der Waals surface area contributed by atoms with Gasteiger partial charge in [-0.25, -0.2) is 4.79 Å². The number of urea groups is 1. The summed E-state index contributed by atoms with van der Waals surface area (Å²) in [6, 6.07) is 11.2. The maximum atomic E-state index is 12.0. The molecule has 1 aliphatic rings. The van der Waals surface area contributed by atoms with E-state index in [1.165, 1.54) is 0 Å². The van der Waals surface area contributed by atoms with Gasteiger partial charge in [-0.05, 0) is 43.2 Å². The van der Waals surface area contributed by atoms with E-state index < -0.39 is 0 Å². The molecule has 2 aromatic rings. The van der Waals surface area contributed by atoms with Crippen molar-refractivity contribution >= 4 is 6.03 Å².